The average molecular weight is 437 g/mol. The molecule has 7 heteroatoms. The minimum atomic E-state index is -0.567. The quantitative estimate of drug-likeness (QED) is 0.509. The Morgan fingerprint density at radius 2 is 2.00 bits per heavy atom. The van der Waals surface area contributed by atoms with E-state index in [1.54, 1.807) is 35.3 Å². The maximum Gasteiger partial charge on any atom is 0.338 e. The molecule has 1 unspecified atom stereocenters. The first-order valence-corrected chi connectivity index (χ1v) is 11.1. The number of anilines is 1. The summed E-state index contributed by atoms with van der Waals surface area (Å²) in [4.78, 5) is 31.3. The lowest BCUT2D eigenvalue weighted by Gasteiger charge is -2.33. The van der Waals surface area contributed by atoms with E-state index >= 15 is 0 Å². The van der Waals surface area contributed by atoms with Crippen molar-refractivity contribution in [2.45, 2.75) is 39.8 Å². The maximum atomic E-state index is 13.0. The van der Waals surface area contributed by atoms with Gasteiger partial charge in [0, 0.05) is 10.9 Å². The third-order valence-electron chi connectivity index (χ3n) is 5.05. The normalized spacial score (nSPS) is 15.4. The fraction of sp³-hybridized carbons (Fsp3) is 0.292. The van der Waals surface area contributed by atoms with Crippen LogP contribution in [0.5, 0.6) is 5.75 Å². The monoisotopic (exact) mass is 436 g/mol. The average Bonchev–Trinajstić information content (AvgIpc) is 3.21. The third-order valence-corrected chi connectivity index (χ3v) is 5.82. The van der Waals surface area contributed by atoms with Crippen LogP contribution >= 0.6 is 11.3 Å². The molecular formula is C24H24N2O4S. The molecule has 0 saturated heterocycles. The van der Waals surface area contributed by atoms with Crippen LogP contribution in [0.4, 0.5) is 5.69 Å². The van der Waals surface area contributed by atoms with Crippen molar-refractivity contribution in [1.82, 2.24) is 4.98 Å². The summed E-state index contributed by atoms with van der Waals surface area (Å²) in [7, 11) is 0. The number of aromatic nitrogens is 1. The zero-order valence-electron chi connectivity index (χ0n) is 17.8. The van der Waals surface area contributed by atoms with Gasteiger partial charge in [-0.2, -0.15) is 0 Å². The van der Waals surface area contributed by atoms with Crippen molar-refractivity contribution in [2.24, 2.45) is 0 Å². The highest BCUT2D eigenvalue weighted by atomic mass is 32.1. The van der Waals surface area contributed by atoms with Gasteiger partial charge in [0.1, 0.15) is 5.75 Å². The number of hydrogen-bond acceptors (Lipinski definition) is 6. The van der Waals surface area contributed by atoms with Crippen LogP contribution in [0.3, 0.4) is 0 Å². The Bertz CT molecular complexity index is 1110. The SMILES string of the molecule is CCCOC(=O)c1ccc(CN2C(=O)C(C)Oc3ccc(-c4csc(C)n4)cc32)cc1. The Hall–Kier alpha value is -3.19. The molecule has 2 aromatic carbocycles. The van der Waals surface area contributed by atoms with Gasteiger partial charge in [-0.3, -0.25) is 4.79 Å². The van der Waals surface area contributed by atoms with E-state index in [0.717, 1.165) is 33.9 Å². The van der Waals surface area contributed by atoms with Crippen molar-refractivity contribution in [3.63, 3.8) is 0 Å². The Labute approximate surface area is 185 Å². The third kappa shape index (κ3) is 4.46. The molecule has 3 aromatic rings. The van der Waals surface area contributed by atoms with Gasteiger partial charge in [-0.15, -0.1) is 11.3 Å². The zero-order valence-corrected chi connectivity index (χ0v) is 18.6. The van der Waals surface area contributed by atoms with E-state index in [1.807, 2.05) is 49.6 Å². The van der Waals surface area contributed by atoms with Gasteiger partial charge in [-0.05, 0) is 56.2 Å². The number of benzene rings is 2. The number of thiazole rings is 1. The van der Waals surface area contributed by atoms with Gasteiger partial charge in [0.2, 0.25) is 0 Å². The molecule has 0 aliphatic carbocycles. The number of fused-ring (bicyclic) bond motifs is 1. The number of hydrogen-bond donors (Lipinski definition) is 0. The predicted molar refractivity (Wildman–Crippen MR) is 121 cm³/mol. The predicted octanol–water partition coefficient (Wildman–Crippen LogP) is 5.00. The van der Waals surface area contributed by atoms with E-state index < -0.39 is 6.10 Å². The van der Waals surface area contributed by atoms with Gasteiger partial charge in [-0.25, -0.2) is 9.78 Å². The van der Waals surface area contributed by atoms with Crippen molar-refractivity contribution in [2.75, 3.05) is 11.5 Å². The van der Waals surface area contributed by atoms with Crippen molar-refractivity contribution >= 4 is 28.9 Å². The lowest BCUT2D eigenvalue weighted by atomic mass is 10.1. The summed E-state index contributed by atoms with van der Waals surface area (Å²) in [6.07, 6.45) is 0.214. The highest BCUT2D eigenvalue weighted by Gasteiger charge is 2.32. The molecule has 1 aromatic heterocycles. The van der Waals surface area contributed by atoms with E-state index in [4.69, 9.17) is 9.47 Å². The van der Waals surface area contributed by atoms with Crippen LogP contribution in [0.15, 0.2) is 47.8 Å². The molecule has 1 aliphatic heterocycles. The van der Waals surface area contributed by atoms with Crippen molar-refractivity contribution < 1.29 is 19.1 Å². The number of amides is 1. The fourth-order valence-corrected chi connectivity index (χ4v) is 4.05. The van der Waals surface area contributed by atoms with Crippen molar-refractivity contribution in [3.05, 3.63) is 64.0 Å². The Morgan fingerprint density at radius 3 is 2.68 bits per heavy atom. The molecule has 0 fully saturated rings. The fourth-order valence-electron chi connectivity index (χ4n) is 3.43. The number of nitrogens with zero attached hydrogens (tertiary/aromatic N) is 2. The molecule has 6 nitrogen and oxygen atoms in total. The summed E-state index contributed by atoms with van der Waals surface area (Å²) in [5, 5.41) is 2.99. The maximum absolute atomic E-state index is 13.0. The second kappa shape index (κ2) is 8.89. The van der Waals surface area contributed by atoms with E-state index in [-0.39, 0.29) is 11.9 Å². The molecule has 0 saturated carbocycles. The zero-order chi connectivity index (χ0) is 22.0. The van der Waals surface area contributed by atoms with Crippen LogP contribution in [-0.2, 0) is 16.1 Å². The number of rotatable bonds is 6. The van der Waals surface area contributed by atoms with Gasteiger partial charge in [-0.1, -0.05) is 19.1 Å². The van der Waals surface area contributed by atoms with Gasteiger partial charge in [0.15, 0.2) is 6.10 Å². The van der Waals surface area contributed by atoms with Crippen LogP contribution in [0.1, 0.15) is 41.2 Å². The first-order valence-electron chi connectivity index (χ1n) is 10.3. The second-order valence-corrected chi connectivity index (χ2v) is 8.51. The lowest BCUT2D eigenvalue weighted by molar-refractivity contribution is -0.125. The largest absolute Gasteiger partial charge is 0.479 e. The number of esters is 1. The Kier molecular flexibility index (Phi) is 6.04. The number of carbonyl (C=O) groups excluding carboxylic acids is 2. The number of ether oxygens (including phenoxy) is 2. The van der Waals surface area contributed by atoms with E-state index in [0.29, 0.717) is 24.5 Å². The molecule has 1 amide bonds. The van der Waals surface area contributed by atoms with Crippen molar-refractivity contribution in [3.8, 4) is 17.0 Å². The highest BCUT2D eigenvalue weighted by Crippen LogP contribution is 2.38. The molecule has 2 heterocycles. The summed E-state index contributed by atoms with van der Waals surface area (Å²) >= 11 is 1.59. The number of aryl methyl sites for hydroxylation is 1. The molecule has 0 spiro atoms. The minimum absolute atomic E-state index is 0.106. The van der Waals surface area contributed by atoms with Gasteiger partial charge < -0.3 is 14.4 Å². The minimum Gasteiger partial charge on any atom is -0.479 e. The Morgan fingerprint density at radius 1 is 1.23 bits per heavy atom. The number of carbonyl (C=O) groups is 2. The van der Waals surface area contributed by atoms with E-state index in [9.17, 15) is 9.59 Å². The summed E-state index contributed by atoms with van der Waals surface area (Å²) in [5.41, 5.74) is 3.95. The van der Waals surface area contributed by atoms with E-state index in [2.05, 4.69) is 4.98 Å². The van der Waals surface area contributed by atoms with Crippen LogP contribution in [0.2, 0.25) is 0 Å². The molecule has 1 atom stereocenters. The summed E-state index contributed by atoms with van der Waals surface area (Å²) in [5.74, 6) is 0.228. The van der Waals surface area contributed by atoms with Gasteiger partial charge >= 0.3 is 5.97 Å². The smallest absolute Gasteiger partial charge is 0.338 e. The van der Waals surface area contributed by atoms with Crippen LogP contribution in [0.25, 0.3) is 11.3 Å². The van der Waals surface area contributed by atoms with Gasteiger partial charge in [0.05, 0.1) is 35.1 Å². The molecule has 31 heavy (non-hydrogen) atoms. The first-order chi connectivity index (χ1) is 15.0. The van der Waals surface area contributed by atoms with Crippen LogP contribution < -0.4 is 9.64 Å². The van der Waals surface area contributed by atoms with Crippen molar-refractivity contribution in [1.29, 1.82) is 0 Å². The first kappa shape index (κ1) is 21.1. The van der Waals surface area contributed by atoms with Gasteiger partial charge in [0.25, 0.3) is 5.91 Å². The summed E-state index contributed by atoms with van der Waals surface area (Å²) in [6.45, 7) is 6.45. The van der Waals surface area contributed by atoms with E-state index in [1.165, 1.54) is 0 Å². The highest BCUT2D eigenvalue weighted by molar-refractivity contribution is 7.09. The topological polar surface area (TPSA) is 68.7 Å². The molecule has 160 valence electrons. The second-order valence-electron chi connectivity index (χ2n) is 7.45. The summed E-state index contributed by atoms with van der Waals surface area (Å²) in [6, 6.07) is 13.0. The molecule has 0 bridgehead atoms. The van der Waals surface area contributed by atoms with Crippen LogP contribution in [0, 0.1) is 6.92 Å². The lowest BCUT2D eigenvalue weighted by Crippen LogP contribution is -2.44. The molecule has 0 radical (unpaired) electrons. The standard InChI is InChI=1S/C24H24N2O4S/c1-4-11-29-24(28)18-7-5-17(6-8-18)13-26-21-12-19(20-14-31-16(3)25-20)9-10-22(21)30-15(2)23(26)27/h5-10,12,14-15H,4,11,13H2,1-3H3. The molecule has 0 N–H and O–H groups in total. The summed E-state index contributed by atoms with van der Waals surface area (Å²) < 4.78 is 11.0. The molecule has 1 aliphatic rings. The molecule has 4 rings (SSSR count). The van der Waals surface area contributed by atoms with Crippen LogP contribution in [-0.4, -0.2) is 29.6 Å². The molecular weight excluding hydrogens is 412 g/mol. The Balaban J connectivity index is 1.61.